The van der Waals surface area contributed by atoms with E-state index in [0.29, 0.717) is 5.69 Å². The lowest BCUT2D eigenvalue weighted by Gasteiger charge is -2.01. The maximum Gasteiger partial charge on any atom is 0.250 e. The normalized spacial score (nSPS) is 11.7. The zero-order valence-electron chi connectivity index (χ0n) is 11.0. The molecular formula is C12H10BrN5O2S2. The van der Waals surface area contributed by atoms with E-state index in [1.54, 1.807) is 41.5 Å². The fourth-order valence-electron chi connectivity index (χ4n) is 1.68. The first-order chi connectivity index (χ1) is 10.5. The van der Waals surface area contributed by atoms with Gasteiger partial charge >= 0.3 is 0 Å². The van der Waals surface area contributed by atoms with E-state index in [2.05, 4.69) is 35.9 Å². The van der Waals surface area contributed by atoms with Crippen LogP contribution in [-0.2, 0) is 16.6 Å². The second-order valence-electron chi connectivity index (χ2n) is 4.25. The molecule has 3 aromatic rings. The number of pyridine rings is 1. The van der Waals surface area contributed by atoms with Gasteiger partial charge in [0.05, 0.1) is 34.1 Å². The first-order valence-corrected chi connectivity index (χ1v) is 9.20. The largest absolute Gasteiger partial charge is 0.262 e. The third-order valence-corrected chi connectivity index (χ3v) is 6.22. The van der Waals surface area contributed by atoms with E-state index in [-0.39, 0.29) is 10.8 Å². The summed E-state index contributed by atoms with van der Waals surface area (Å²) in [6.07, 6.45) is 4.96. The molecule has 0 spiro atoms. The number of nitrogens with one attached hydrogen (secondary N) is 1. The molecule has 0 fully saturated rings. The Labute approximate surface area is 139 Å². The van der Waals surface area contributed by atoms with Crippen molar-refractivity contribution in [3.63, 3.8) is 0 Å². The number of hydrogen-bond donors (Lipinski definition) is 1. The summed E-state index contributed by atoms with van der Waals surface area (Å²) in [6, 6.07) is 6.86. The Hall–Kier alpha value is -1.62. The van der Waals surface area contributed by atoms with Crippen LogP contribution in [0, 0.1) is 0 Å². The van der Waals surface area contributed by atoms with Gasteiger partial charge in [-0.05, 0) is 40.2 Å². The highest BCUT2D eigenvalue weighted by atomic mass is 79.9. The summed E-state index contributed by atoms with van der Waals surface area (Å²) >= 11 is 4.39. The lowest BCUT2D eigenvalue weighted by molar-refractivity contribution is 0.582. The maximum absolute atomic E-state index is 12.1. The van der Waals surface area contributed by atoms with Gasteiger partial charge in [-0.2, -0.15) is 0 Å². The zero-order valence-corrected chi connectivity index (χ0v) is 14.3. The van der Waals surface area contributed by atoms with Crippen molar-refractivity contribution in [1.29, 1.82) is 0 Å². The number of thiophene rings is 1. The van der Waals surface area contributed by atoms with E-state index in [1.165, 1.54) is 0 Å². The molecule has 0 aliphatic heterocycles. The van der Waals surface area contributed by atoms with Crippen molar-refractivity contribution >= 4 is 37.3 Å². The Morgan fingerprint density at radius 1 is 1.32 bits per heavy atom. The monoisotopic (exact) mass is 399 g/mol. The molecule has 0 atom stereocenters. The molecule has 0 saturated carbocycles. The number of halogens is 1. The number of aromatic nitrogens is 4. The predicted molar refractivity (Wildman–Crippen MR) is 85.2 cm³/mol. The van der Waals surface area contributed by atoms with E-state index in [0.717, 1.165) is 20.8 Å². The lowest BCUT2D eigenvalue weighted by atomic mass is 10.4. The summed E-state index contributed by atoms with van der Waals surface area (Å²) in [6.45, 7) is 0.0676. The third kappa shape index (κ3) is 3.40. The molecule has 0 radical (unpaired) electrons. The summed E-state index contributed by atoms with van der Waals surface area (Å²) in [5.41, 5.74) is 1.27. The van der Waals surface area contributed by atoms with Crippen molar-refractivity contribution in [3.8, 4) is 5.69 Å². The zero-order chi connectivity index (χ0) is 15.6. The van der Waals surface area contributed by atoms with Crippen molar-refractivity contribution in [3.05, 3.63) is 52.3 Å². The highest BCUT2D eigenvalue weighted by molar-refractivity contribution is 9.11. The van der Waals surface area contributed by atoms with Crippen LogP contribution in [0.15, 0.2) is 50.9 Å². The molecule has 114 valence electrons. The second-order valence-corrected chi connectivity index (χ2v) is 8.71. The van der Waals surface area contributed by atoms with E-state index in [9.17, 15) is 8.42 Å². The minimum Gasteiger partial charge on any atom is -0.262 e. The van der Waals surface area contributed by atoms with Gasteiger partial charge in [-0.15, -0.1) is 16.4 Å². The maximum atomic E-state index is 12.1. The van der Waals surface area contributed by atoms with Crippen LogP contribution in [0.4, 0.5) is 0 Å². The van der Waals surface area contributed by atoms with Crippen LogP contribution < -0.4 is 4.72 Å². The molecule has 0 aliphatic rings. The van der Waals surface area contributed by atoms with Crippen LogP contribution in [0.1, 0.15) is 5.69 Å². The summed E-state index contributed by atoms with van der Waals surface area (Å²) in [5, 5.41) is 7.90. The van der Waals surface area contributed by atoms with Crippen LogP contribution in [0.5, 0.6) is 0 Å². The minimum atomic E-state index is -3.54. The van der Waals surface area contributed by atoms with Crippen molar-refractivity contribution in [1.82, 2.24) is 24.7 Å². The molecule has 0 saturated heterocycles. The van der Waals surface area contributed by atoms with Crippen LogP contribution in [0.2, 0.25) is 0 Å². The standard InChI is InChI=1S/C12H10BrN5O2S2/c13-11-3-4-12(21-11)22(19,20)15-6-9-8-18(17-16-9)10-2-1-5-14-7-10/h1-5,7-8,15H,6H2. The Morgan fingerprint density at radius 2 is 2.18 bits per heavy atom. The van der Waals surface area contributed by atoms with Gasteiger partial charge in [0.1, 0.15) is 4.21 Å². The molecule has 3 rings (SSSR count). The molecule has 0 bridgehead atoms. The Bertz CT molecular complexity index is 876. The first kappa shape index (κ1) is 15.3. The van der Waals surface area contributed by atoms with Gasteiger partial charge in [-0.1, -0.05) is 5.21 Å². The molecular weight excluding hydrogens is 390 g/mol. The van der Waals surface area contributed by atoms with Gasteiger partial charge in [0.25, 0.3) is 0 Å². The van der Waals surface area contributed by atoms with Gasteiger partial charge in [-0.25, -0.2) is 17.8 Å². The van der Waals surface area contributed by atoms with E-state index < -0.39 is 10.0 Å². The van der Waals surface area contributed by atoms with Gasteiger partial charge in [0, 0.05) is 6.20 Å². The van der Waals surface area contributed by atoms with E-state index >= 15 is 0 Å². The highest BCUT2D eigenvalue weighted by Gasteiger charge is 2.17. The Kier molecular flexibility index (Phi) is 4.34. The van der Waals surface area contributed by atoms with Crippen molar-refractivity contribution in [2.45, 2.75) is 10.8 Å². The quantitative estimate of drug-likeness (QED) is 0.707. The molecule has 7 nitrogen and oxygen atoms in total. The smallest absolute Gasteiger partial charge is 0.250 e. The summed E-state index contributed by atoms with van der Waals surface area (Å²) < 4.78 is 29.3. The highest BCUT2D eigenvalue weighted by Crippen LogP contribution is 2.25. The van der Waals surface area contributed by atoms with Crippen LogP contribution in [-0.4, -0.2) is 28.4 Å². The van der Waals surface area contributed by atoms with Crippen molar-refractivity contribution in [2.24, 2.45) is 0 Å². The molecule has 1 N–H and O–H groups in total. The van der Waals surface area contributed by atoms with Crippen LogP contribution >= 0.6 is 27.3 Å². The van der Waals surface area contributed by atoms with E-state index in [4.69, 9.17) is 0 Å². The molecule has 0 unspecified atom stereocenters. The first-order valence-electron chi connectivity index (χ1n) is 6.11. The SMILES string of the molecule is O=S(=O)(NCc1cn(-c2cccnc2)nn1)c1ccc(Br)s1. The Morgan fingerprint density at radius 3 is 2.86 bits per heavy atom. The lowest BCUT2D eigenvalue weighted by Crippen LogP contribution is -2.22. The molecule has 3 aromatic heterocycles. The van der Waals surface area contributed by atoms with Crippen LogP contribution in [0.25, 0.3) is 5.69 Å². The van der Waals surface area contributed by atoms with E-state index in [1.807, 2.05) is 6.07 Å². The topological polar surface area (TPSA) is 89.8 Å². The molecule has 0 amide bonds. The summed E-state index contributed by atoms with van der Waals surface area (Å²) in [5.74, 6) is 0. The van der Waals surface area contributed by atoms with Gasteiger partial charge in [0.15, 0.2) is 0 Å². The fourth-order valence-corrected chi connectivity index (χ4v) is 4.73. The minimum absolute atomic E-state index is 0.0676. The van der Waals surface area contributed by atoms with Crippen LogP contribution in [0.3, 0.4) is 0 Å². The number of sulfonamides is 1. The average Bonchev–Trinajstić information content (AvgIpc) is 3.15. The summed E-state index contributed by atoms with van der Waals surface area (Å²) in [7, 11) is -3.54. The molecule has 22 heavy (non-hydrogen) atoms. The average molecular weight is 400 g/mol. The van der Waals surface area contributed by atoms with Crippen molar-refractivity contribution < 1.29 is 8.42 Å². The second kappa shape index (κ2) is 6.24. The number of hydrogen-bond acceptors (Lipinski definition) is 6. The molecule has 0 aromatic carbocycles. The number of nitrogens with zero attached hydrogens (tertiary/aromatic N) is 4. The predicted octanol–water partition coefficient (Wildman–Crippen LogP) is 1.96. The van der Waals surface area contributed by atoms with Gasteiger partial charge in [0.2, 0.25) is 10.0 Å². The third-order valence-electron chi connectivity index (χ3n) is 2.71. The summed E-state index contributed by atoms with van der Waals surface area (Å²) in [4.78, 5) is 3.99. The van der Waals surface area contributed by atoms with Gasteiger partial charge < -0.3 is 0 Å². The van der Waals surface area contributed by atoms with Crippen molar-refractivity contribution in [2.75, 3.05) is 0 Å². The number of rotatable bonds is 5. The molecule has 0 aliphatic carbocycles. The van der Waals surface area contributed by atoms with Gasteiger partial charge in [-0.3, -0.25) is 4.98 Å². The molecule has 10 heteroatoms. The Balaban J connectivity index is 1.71. The fraction of sp³-hybridized carbons (Fsp3) is 0.0833. The molecule has 3 heterocycles.